The van der Waals surface area contributed by atoms with Crippen molar-refractivity contribution in [2.75, 3.05) is 0 Å². The average Bonchev–Trinajstić information content (AvgIpc) is 2.75. The molecule has 0 radical (unpaired) electrons. The Kier molecular flexibility index (Phi) is 9.46. The Bertz CT molecular complexity index is 706. The van der Waals surface area contributed by atoms with E-state index in [1.807, 2.05) is 0 Å². The second-order valence-corrected chi connectivity index (χ2v) is 10.9. The molecule has 0 N–H and O–H groups in total. The highest BCUT2D eigenvalue weighted by atomic mass is 19.4. The van der Waals surface area contributed by atoms with Gasteiger partial charge in [0.2, 0.25) is 5.75 Å². The fourth-order valence-electron chi connectivity index (χ4n) is 5.91. The highest BCUT2D eigenvalue weighted by Crippen LogP contribution is 2.41. The Morgan fingerprint density at radius 2 is 1.24 bits per heavy atom. The van der Waals surface area contributed by atoms with E-state index in [-0.39, 0.29) is 5.92 Å². The molecule has 0 spiro atoms. The van der Waals surface area contributed by atoms with Gasteiger partial charge in [-0.3, -0.25) is 0 Å². The van der Waals surface area contributed by atoms with Crippen molar-refractivity contribution in [3.63, 3.8) is 0 Å². The van der Waals surface area contributed by atoms with Crippen LogP contribution in [0.4, 0.5) is 22.0 Å². The van der Waals surface area contributed by atoms with Crippen molar-refractivity contribution in [3.05, 3.63) is 29.3 Å². The van der Waals surface area contributed by atoms with Gasteiger partial charge in [-0.25, -0.2) is 8.78 Å². The highest BCUT2D eigenvalue weighted by molar-refractivity contribution is 5.33. The molecule has 2 saturated carbocycles. The standard InChI is InChI=1S/C27H39F5O/c1-18(2)4-3-5-19-6-8-20(9-7-19)10-11-21-12-14-22(15-13-21)23-16-24(28)26(25(29)17-23)33-27(30,31)32/h16-22H,3-15H2,1-2H3. The summed E-state index contributed by atoms with van der Waals surface area (Å²) >= 11 is 0. The zero-order chi connectivity index (χ0) is 24.0. The number of halogens is 5. The lowest BCUT2D eigenvalue weighted by atomic mass is 9.74. The van der Waals surface area contributed by atoms with Gasteiger partial charge in [-0.2, -0.15) is 0 Å². The first kappa shape index (κ1) is 26.3. The lowest BCUT2D eigenvalue weighted by Gasteiger charge is -2.32. The first-order valence-corrected chi connectivity index (χ1v) is 12.9. The highest BCUT2D eigenvalue weighted by Gasteiger charge is 2.35. The SMILES string of the molecule is CC(C)CCCC1CCC(CCC2CCC(c3cc(F)c(OC(F)(F)F)c(F)c3)CC2)CC1. The number of ether oxygens (including phenoxy) is 1. The molecule has 1 nitrogen and oxygen atoms in total. The summed E-state index contributed by atoms with van der Waals surface area (Å²) in [5.74, 6) is -0.739. The molecular formula is C27H39F5O. The lowest BCUT2D eigenvalue weighted by Crippen LogP contribution is -2.20. The van der Waals surface area contributed by atoms with Crippen LogP contribution in [-0.2, 0) is 0 Å². The zero-order valence-corrected chi connectivity index (χ0v) is 20.0. The summed E-state index contributed by atoms with van der Waals surface area (Å²) in [5, 5.41) is 0. The minimum absolute atomic E-state index is 0.00790. The lowest BCUT2D eigenvalue weighted by molar-refractivity contribution is -0.276. The first-order valence-electron chi connectivity index (χ1n) is 12.9. The van der Waals surface area contributed by atoms with Gasteiger partial charge in [-0.15, -0.1) is 13.2 Å². The molecule has 33 heavy (non-hydrogen) atoms. The predicted molar refractivity (Wildman–Crippen MR) is 121 cm³/mol. The molecule has 0 aromatic heterocycles. The van der Waals surface area contributed by atoms with Gasteiger partial charge in [0.15, 0.2) is 11.6 Å². The first-order chi connectivity index (χ1) is 15.6. The Morgan fingerprint density at radius 3 is 1.70 bits per heavy atom. The molecule has 2 fully saturated rings. The third-order valence-electron chi connectivity index (χ3n) is 7.90. The number of rotatable bonds is 9. The summed E-state index contributed by atoms with van der Waals surface area (Å²) in [5.41, 5.74) is 0.439. The van der Waals surface area contributed by atoms with Crippen molar-refractivity contribution in [1.82, 2.24) is 0 Å². The van der Waals surface area contributed by atoms with E-state index in [0.29, 0.717) is 11.5 Å². The third-order valence-corrected chi connectivity index (χ3v) is 7.90. The molecule has 6 heteroatoms. The summed E-state index contributed by atoms with van der Waals surface area (Å²) in [4.78, 5) is 0. The minimum Gasteiger partial charge on any atom is -0.399 e. The predicted octanol–water partition coefficient (Wildman–Crippen LogP) is 9.55. The zero-order valence-electron chi connectivity index (χ0n) is 20.0. The Balaban J connectivity index is 1.38. The Morgan fingerprint density at radius 1 is 0.788 bits per heavy atom. The van der Waals surface area contributed by atoms with Crippen molar-refractivity contribution >= 4 is 0 Å². The largest absolute Gasteiger partial charge is 0.573 e. The molecule has 2 aliphatic rings. The van der Waals surface area contributed by atoms with Gasteiger partial charge >= 0.3 is 6.36 Å². The molecule has 0 unspecified atom stereocenters. The second kappa shape index (κ2) is 11.9. The van der Waals surface area contributed by atoms with Crippen molar-refractivity contribution in [2.24, 2.45) is 23.7 Å². The van der Waals surface area contributed by atoms with Crippen LogP contribution in [0.1, 0.15) is 109 Å². The molecular weight excluding hydrogens is 435 g/mol. The number of hydrogen-bond donors (Lipinski definition) is 0. The van der Waals surface area contributed by atoms with Gasteiger partial charge in [0.25, 0.3) is 0 Å². The Labute approximate surface area is 195 Å². The number of benzene rings is 1. The van der Waals surface area contributed by atoms with Gasteiger partial charge in [0, 0.05) is 0 Å². The van der Waals surface area contributed by atoms with E-state index in [1.165, 1.54) is 57.8 Å². The van der Waals surface area contributed by atoms with E-state index >= 15 is 0 Å². The van der Waals surface area contributed by atoms with Crippen LogP contribution >= 0.6 is 0 Å². The second-order valence-electron chi connectivity index (χ2n) is 10.9. The molecule has 188 valence electrons. The summed E-state index contributed by atoms with van der Waals surface area (Å²) < 4.78 is 68.7. The van der Waals surface area contributed by atoms with Gasteiger partial charge in [0.1, 0.15) is 0 Å². The van der Waals surface area contributed by atoms with Gasteiger partial charge in [0.05, 0.1) is 0 Å². The number of alkyl halides is 3. The normalized spacial score (nSPS) is 26.5. The molecule has 0 aliphatic heterocycles. The fraction of sp³-hybridized carbons (Fsp3) is 0.778. The van der Waals surface area contributed by atoms with Gasteiger partial charge < -0.3 is 4.74 Å². The van der Waals surface area contributed by atoms with Gasteiger partial charge in [-0.05, 0) is 73.0 Å². The minimum atomic E-state index is -5.12. The molecule has 0 bridgehead atoms. The van der Waals surface area contributed by atoms with Crippen molar-refractivity contribution in [1.29, 1.82) is 0 Å². The molecule has 0 amide bonds. The van der Waals surface area contributed by atoms with Crippen LogP contribution in [-0.4, -0.2) is 6.36 Å². The maximum Gasteiger partial charge on any atom is 0.573 e. The molecule has 3 rings (SSSR count). The van der Waals surface area contributed by atoms with Crippen LogP contribution in [0.25, 0.3) is 0 Å². The smallest absolute Gasteiger partial charge is 0.399 e. The van der Waals surface area contributed by atoms with Crippen molar-refractivity contribution in [3.8, 4) is 5.75 Å². The van der Waals surface area contributed by atoms with Crippen LogP contribution in [0, 0.1) is 35.3 Å². The van der Waals surface area contributed by atoms with Gasteiger partial charge in [-0.1, -0.05) is 71.6 Å². The summed E-state index contributed by atoms with van der Waals surface area (Å²) in [7, 11) is 0. The average molecular weight is 475 g/mol. The van der Waals surface area contributed by atoms with E-state index in [0.717, 1.165) is 55.6 Å². The number of hydrogen-bond acceptors (Lipinski definition) is 1. The fourth-order valence-corrected chi connectivity index (χ4v) is 5.91. The third kappa shape index (κ3) is 8.43. The molecule has 0 saturated heterocycles. The Hall–Kier alpha value is -1.33. The molecule has 0 heterocycles. The molecule has 0 atom stereocenters. The van der Waals surface area contributed by atoms with Crippen LogP contribution in [0.15, 0.2) is 12.1 Å². The van der Waals surface area contributed by atoms with E-state index in [9.17, 15) is 22.0 Å². The molecule has 1 aromatic rings. The topological polar surface area (TPSA) is 9.23 Å². The maximum absolute atomic E-state index is 14.1. The van der Waals surface area contributed by atoms with Crippen molar-refractivity contribution in [2.45, 2.75) is 110 Å². The monoisotopic (exact) mass is 474 g/mol. The molecule has 1 aromatic carbocycles. The summed E-state index contributed by atoms with van der Waals surface area (Å²) in [6.45, 7) is 4.59. The van der Waals surface area contributed by atoms with Crippen LogP contribution in [0.5, 0.6) is 5.75 Å². The molecule has 2 aliphatic carbocycles. The summed E-state index contributed by atoms with van der Waals surface area (Å²) in [6.07, 6.45) is 10.6. The van der Waals surface area contributed by atoms with Crippen LogP contribution in [0.2, 0.25) is 0 Å². The van der Waals surface area contributed by atoms with Crippen LogP contribution in [0.3, 0.4) is 0 Å². The van der Waals surface area contributed by atoms with Crippen molar-refractivity contribution < 1.29 is 26.7 Å². The van der Waals surface area contributed by atoms with E-state index in [2.05, 4.69) is 18.6 Å². The quantitative estimate of drug-likeness (QED) is 0.324. The van der Waals surface area contributed by atoms with E-state index in [1.54, 1.807) is 0 Å². The van der Waals surface area contributed by atoms with E-state index in [4.69, 9.17) is 0 Å². The van der Waals surface area contributed by atoms with E-state index < -0.39 is 23.7 Å². The summed E-state index contributed by atoms with van der Waals surface area (Å²) in [6, 6.07) is 2.02. The maximum atomic E-state index is 14.1. The van der Waals surface area contributed by atoms with Crippen LogP contribution < -0.4 is 4.74 Å².